The maximum atomic E-state index is 11.2. The molecule has 4 fully saturated rings. The van der Waals surface area contributed by atoms with E-state index in [2.05, 4.69) is 0 Å². The quantitative estimate of drug-likeness (QED) is 0.658. The summed E-state index contributed by atoms with van der Waals surface area (Å²) in [4.78, 5) is 11.2. The SMILES string of the molecule is NC1[C@@H]2C[C@H]3C[C@@H](C2)C(C(=O)O)[C@@H]1C3. The van der Waals surface area contributed by atoms with E-state index in [1.54, 1.807) is 0 Å². The van der Waals surface area contributed by atoms with Crippen molar-refractivity contribution >= 4 is 5.97 Å². The third kappa shape index (κ3) is 0.991. The van der Waals surface area contributed by atoms with Crippen molar-refractivity contribution in [1.29, 1.82) is 0 Å². The monoisotopic (exact) mass is 195 g/mol. The molecular formula is C11H17NO2. The summed E-state index contributed by atoms with van der Waals surface area (Å²) in [7, 11) is 0. The van der Waals surface area contributed by atoms with Crippen LogP contribution in [0.25, 0.3) is 0 Å². The van der Waals surface area contributed by atoms with Gasteiger partial charge < -0.3 is 10.8 Å². The molecule has 4 bridgehead atoms. The van der Waals surface area contributed by atoms with E-state index in [9.17, 15) is 9.90 Å². The summed E-state index contributed by atoms with van der Waals surface area (Å²) in [6, 6.07) is 0.170. The zero-order valence-electron chi connectivity index (χ0n) is 8.23. The number of carboxylic acid groups (broad SMARTS) is 1. The standard InChI is InChI=1S/C11H17NO2/c12-10-7-2-5-1-6(4-7)9(11(13)14)8(10)3-5/h5-10H,1-4,12H2,(H,13,14)/t5-,6+,7-,8+,9?,10?/m1/s1. The summed E-state index contributed by atoms with van der Waals surface area (Å²) < 4.78 is 0. The molecule has 3 heteroatoms. The highest BCUT2D eigenvalue weighted by Gasteiger charge is 2.54. The summed E-state index contributed by atoms with van der Waals surface area (Å²) in [5.74, 6) is 1.41. The minimum atomic E-state index is -0.603. The smallest absolute Gasteiger partial charge is 0.307 e. The molecule has 0 heterocycles. The minimum Gasteiger partial charge on any atom is -0.481 e. The average Bonchev–Trinajstić information content (AvgIpc) is 2.12. The van der Waals surface area contributed by atoms with Crippen LogP contribution < -0.4 is 5.73 Å². The Morgan fingerprint density at radius 2 is 1.86 bits per heavy atom. The summed E-state index contributed by atoms with van der Waals surface area (Å²) in [6.45, 7) is 0. The van der Waals surface area contributed by atoms with Crippen LogP contribution in [0.15, 0.2) is 0 Å². The second-order valence-electron chi connectivity index (χ2n) is 5.43. The predicted molar refractivity (Wildman–Crippen MR) is 51.5 cm³/mol. The Hall–Kier alpha value is -0.570. The zero-order valence-corrected chi connectivity index (χ0v) is 8.23. The molecule has 4 saturated carbocycles. The van der Waals surface area contributed by atoms with E-state index in [0.717, 1.165) is 25.2 Å². The highest BCUT2D eigenvalue weighted by atomic mass is 16.4. The van der Waals surface area contributed by atoms with Crippen molar-refractivity contribution in [3.63, 3.8) is 0 Å². The molecule has 78 valence electrons. The molecule has 0 aromatic heterocycles. The van der Waals surface area contributed by atoms with Crippen molar-refractivity contribution in [1.82, 2.24) is 0 Å². The van der Waals surface area contributed by atoms with E-state index in [1.807, 2.05) is 0 Å². The van der Waals surface area contributed by atoms with Gasteiger partial charge in [0, 0.05) is 6.04 Å². The first kappa shape index (κ1) is 8.72. The molecule has 0 saturated heterocycles. The number of nitrogens with two attached hydrogens (primary N) is 1. The molecule has 3 nitrogen and oxygen atoms in total. The van der Waals surface area contributed by atoms with Gasteiger partial charge in [-0.1, -0.05) is 0 Å². The molecule has 0 aliphatic heterocycles. The van der Waals surface area contributed by atoms with Gasteiger partial charge in [-0.05, 0) is 49.4 Å². The predicted octanol–water partition coefficient (Wildman–Crippen LogP) is 1.08. The summed E-state index contributed by atoms with van der Waals surface area (Å²) in [5, 5.41) is 9.21. The van der Waals surface area contributed by atoms with Gasteiger partial charge in [0.1, 0.15) is 0 Å². The van der Waals surface area contributed by atoms with Gasteiger partial charge in [-0.2, -0.15) is 0 Å². The number of hydrogen-bond acceptors (Lipinski definition) is 2. The van der Waals surface area contributed by atoms with Crippen LogP contribution >= 0.6 is 0 Å². The molecule has 4 aliphatic rings. The zero-order chi connectivity index (χ0) is 9.87. The molecule has 0 aromatic rings. The average molecular weight is 195 g/mol. The van der Waals surface area contributed by atoms with Gasteiger partial charge in [-0.15, -0.1) is 0 Å². The third-order valence-corrected chi connectivity index (χ3v) is 4.78. The van der Waals surface area contributed by atoms with E-state index >= 15 is 0 Å². The van der Waals surface area contributed by atoms with E-state index < -0.39 is 5.97 Å². The van der Waals surface area contributed by atoms with Crippen LogP contribution in [0, 0.1) is 29.6 Å². The van der Waals surface area contributed by atoms with E-state index in [4.69, 9.17) is 5.73 Å². The van der Waals surface area contributed by atoms with Crippen LogP contribution in [0.4, 0.5) is 0 Å². The lowest BCUT2D eigenvalue weighted by Gasteiger charge is -2.56. The molecule has 0 amide bonds. The van der Waals surface area contributed by atoms with Crippen molar-refractivity contribution < 1.29 is 9.90 Å². The van der Waals surface area contributed by atoms with E-state index in [0.29, 0.717) is 11.8 Å². The topological polar surface area (TPSA) is 63.3 Å². The second kappa shape index (κ2) is 2.72. The first-order valence-corrected chi connectivity index (χ1v) is 5.65. The van der Waals surface area contributed by atoms with Crippen molar-refractivity contribution in [2.75, 3.05) is 0 Å². The lowest BCUT2D eigenvalue weighted by Crippen LogP contribution is -2.58. The number of hydrogen-bond donors (Lipinski definition) is 2. The van der Waals surface area contributed by atoms with Crippen LogP contribution in [0.3, 0.4) is 0 Å². The fourth-order valence-corrected chi connectivity index (χ4v) is 4.35. The Balaban J connectivity index is 1.93. The summed E-state index contributed by atoms with van der Waals surface area (Å²) in [5.41, 5.74) is 6.13. The van der Waals surface area contributed by atoms with Gasteiger partial charge in [-0.25, -0.2) is 0 Å². The molecule has 3 N–H and O–H groups in total. The maximum Gasteiger partial charge on any atom is 0.307 e. The van der Waals surface area contributed by atoms with Crippen LogP contribution in [0.5, 0.6) is 0 Å². The summed E-state index contributed by atoms with van der Waals surface area (Å²) >= 11 is 0. The van der Waals surface area contributed by atoms with Gasteiger partial charge in [0.05, 0.1) is 5.92 Å². The van der Waals surface area contributed by atoms with Crippen LogP contribution in [0.1, 0.15) is 25.7 Å². The molecule has 6 atom stereocenters. The second-order valence-corrected chi connectivity index (χ2v) is 5.43. The Labute approximate surface area is 83.7 Å². The molecule has 0 spiro atoms. The normalized spacial score (nSPS) is 54.9. The summed E-state index contributed by atoms with van der Waals surface area (Å²) in [6.07, 6.45) is 4.56. The number of rotatable bonds is 1. The molecular weight excluding hydrogens is 178 g/mol. The van der Waals surface area contributed by atoms with Gasteiger partial charge >= 0.3 is 5.97 Å². The first-order valence-electron chi connectivity index (χ1n) is 5.65. The lowest BCUT2D eigenvalue weighted by molar-refractivity contribution is -0.157. The largest absolute Gasteiger partial charge is 0.481 e. The third-order valence-electron chi connectivity index (χ3n) is 4.78. The van der Waals surface area contributed by atoms with Crippen LogP contribution in [-0.2, 0) is 4.79 Å². The van der Waals surface area contributed by atoms with E-state index in [-0.39, 0.29) is 17.9 Å². The Kier molecular flexibility index (Phi) is 1.69. The van der Waals surface area contributed by atoms with Gasteiger partial charge in [0.2, 0.25) is 0 Å². The molecule has 0 aromatic carbocycles. The first-order chi connectivity index (χ1) is 6.66. The van der Waals surface area contributed by atoms with Gasteiger partial charge in [-0.3, -0.25) is 4.79 Å². The minimum absolute atomic E-state index is 0.127. The van der Waals surface area contributed by atoms with E-state index in [1.165, 1.54) is 6.42 Å². The lowest BCUT2D eigenvalue weighted by atomic mass is 9.50. The highest BCUT2D eigenvalue weighted by Crippen LogP contribution is 2.55. The Bertz CT molecular complexity index is 278. The number of carbonyl (C=O) groups is 1. The number of aliphatic carboxylic acids is 1. The van der Waals surface area contributed by atoms with Crippen LogP contribution in [0.2, 0.25) is 0 Å². The Morgan fingerprint density at radius 1 is 1.14 bits per heavy atom. The maximum absolute atomic E-state index is 11.2. The van der Waals surface area contributed by atoms with Crippen molar-refractivity contribution in [3.8, 4) is 0 Å². The fourth-order valence-electron chi connectivity index (χ4n) is 4.35. The van der Waals surface area contributed by atoms with Gasteiger partial charge in [0.25, 0.3) is 0 Å². The molecule has 0 radical (unpaired) electrons. The highest BCUT2D eigenvalue weighted by molar-refractivity contribution is 5.71. The van der Waals surface area contributed by atoms with Gasteiger partial charge in [0.15, 0.2) is 0 Å². The molecule has 4 aliphatic carbocycles. The molecule has 2 unspecified atom stereocenters. The number of carboxylic acids is 1. The fraction of sp³-hybridized carbons (Fsp3) is 0.909. The van der Waals surface area contributed by atoms with Crippen LogP contribution in [-0.4, -0.2) is 17.1 Å². The Morgan fingerprint density at radius 3 is 2.57 bits per heavy atom. The molecule has 14 heavy (non-hydrogen) atoms. The van der Waals surface area contributed by atoms with Crippen molar-refractivity contribution in [2.24, 2.45) is 35.3 Å². The van der Waals surface area contributed by atoms with Crippen molar-refractivity contribution in [2.45, 2.75) is 31.7 Å². The molecule has 4 rings (SSSR count). The van der Waals surface area contributed by atoms with Crippen molar-refractivity contribution in [3.05, 3.63) is 0 Å².